The van der Waals surface area contributed by atoms with Crippen molar-refractivity contribution in [2.75, 3.05) is 6.61 Å². The predicted octanol–water partition coefficient (Wildman–Crippen LogP) is 5.42. The fourth-order valence-corrected chi connectivity index (χ4v) is 2.79. The van der Waals surface area contributed by atoms with E-state index in [0.717, 1.165) is 42.9 Å². The monoisotopic (exact) mass is 386 g/mol. The van der Waals surface area contributed by atoms with Gasteiger partial charge >= 0.3 is 0 Å². The molecule has 1 saturated heterocycles. The van der Waals surface area contributed by atoms with Gasteiger partial charge in [0.15, 0.2) is 6.29 Å². The topological polar surface area (TPSA) is 27.7 Å². The number of para-hydroxylation sites is 1. The van der Waals surface area contributed by atoms with Crippen molar-refractivity contribution in [2.24, 2.45) is 0 Å². The minimum Gasteiger partial charge on any atom is -0.457 e. The maximum Gasteiger partial charge on any atom is 0.159 e. The van der Waals surface area contributed by atoms with Crippen LogP contribution in [0.1, 0.15) is 30.9 Å². The molecule has 0 radical (unpaired) electrons. The van der Waals surface area contributed by atoms with Gasteiger partial charge < -0.3 is 14.2 Å². The molecule has 0 spiro atoms. The van der Waals surface area contributed by atoms with Crippen molar-refractivity contribution in [2.45, 2.75) is 31.7 Å². The van der Waals surface area contributed by atoms with Crippen LogP contribution in [0.3, 0.4) is 0 Å². The van der Waals surface area contributed by atoms with E-state index in [0.29, 0.717) is 0 Å². The Hall–Kier alpha value is -1.80. The zero-order valence-electron chi connectivity index (χ0n) is 13.3. The minimum atomic E-state index is -0.355. The maximum atomic E-state index is 6.04. The molecule has 4 heteroatoms. The fraction of sp³-hybridized carbons (Fsp3) is 0.300. The van der Waals surface area contributed by atoms with Crippen LogP contribution in [0.25, 0.3) is 0 Å². The normalized spacial score (nSPS) is 18.3. The third kappa shape index (κ3) is 4.85. The zero-order valence-corrected chi connectivity index (χ0v) is 14.9. The average Bonchev–Trinajstić information content (AvgIpc) is 2.63. The molecule has 2 unspecified atom stereocenters. The molecule has 1 heterocycles. The van der Waals surface area contributed by atoms with E-state index in [4.69, 9.17) is 14.2 Å². The van der Waals surface area contributed by atoms with Gasteiger partial charge in [0.25, 0.3) is 0 Å². The van der Waals surface area contributed by atoms with Crippen molar-refractivity contribution in [3.05, 3.63) is 60.2 Å². The molecule has 2 atom stereocenters. The van der Waals surface area contributed by atoms with Gasteiger partial charge in [-0.05, 0) is 53.9 Å². The molecule has 0 saturated carbocycles. The van der Waals surface area contributed by atoms with E-state index in [1.54, 1.807) is 0 Å². The molecule has 3 rings (SSSR count). The van der Waals surface area contributed by atoms with E-state index in [2.05, 4.69) is 26.7 Å². The molecule has 124 valence electrons. The highest BCUT2D eigenvalue weighted by atomic mass is 79.9. The fourth-order valence-electron chi connectivity index (χ4n) is 2.58. The van der Waals surface area contributed by atoms with Gasteiger partial charge in [-0.15, -0.1) is 0 Å². The Morgan fingerprint density at radius 3 is 2.62 bits per heavy atom. The van der Waals surface area contributed by atoms with Crippen LogP contribution in [0.15, 0.2) is 54.6 Å². The lowest BCUT2D eigenvalue weighted by atomic mass is 10.1. The lowest BCUT2D eigenvalue weighted by Gasteiger charge is -2.25. The van der Waals surface area contributed by atoms with Gasteiger partial charge in [0.1, 0.15) is 17.6 Å². The number of halogens is 1. The van der Waals surface area contributed by atoms with Crippen LogP contribution >= 0.6 is 15.9 Å². The quantitative estimate of drug-likeness (QED) is 0.642. The van der Waals surface area contributed by atoms with Crippen molar-refractivity contribution in [1.82, 2.24) is 0 Å². The smallest absolute Gasteiger partial charge is 0.159 e. The first-order valence-corrected chi connectivity index (χ1v) is 8.85. The summed E-state index contributed by atoms with van der Waals surface area (Å²) in [5.41, 5.74) is 0.949. The summed E-state index contributed by atoms with van der Waals surface area (Å²) in [4.78, 5) is 2.77. The number of ether oxygens (including phenoxy) is 3. The molecule has 0 amide bonds. The number of hydrogen-bond donors (Lipinski definition) is 0. The first-order chi connectivity index (χ1) is 11.8. The van der Waals surface area contributed by atoms with Crippen molar-refractivity contribution >= 4 is 15.9 Å². The van der Waals surface area contributed by atoms with E-state index < -0.39 is 0 Å². The molecule has 1 fully saturated rings. The Morgan fingerprint density at radius 1 is 1.04 bits per heavy atom. The van der Waals surface area contributed by atoms with Gasteiger partial charge in [-0.1, -0.05) is 36.3 Å². The molecule has 0 aliphatic carbocycles. The molecule has 2 aromatic rings. The van der Waals surface area contributed by atoms with Crippen LogP contribution in [0.5, 0.6) is 11.5 Å². The second kappa shape index (κ2) is 8.89. The van der Waals surface area contributed by atoms with E-state index in [1.165, 1.54) is 0 Å². The number of hydrogen-bond acceptors (Lipinski definition) is 3. The summed E-state index contributed by atoms with van der Waals surface area (Å²) >= 11 is 3.17. The predicted molar refractivity (Wildman–Crippen MR) is 97.1 cm³/mol. The SMILES string of the molecule is BrC#CC(OC1CCCCO1)c1cccc(Oc2ccccc2)c1. The van der Waals surface area contributed by atoms with E-state index in [1.807, 2.05) is 54.6 Å². The number of rotatable bonds is 5. The molecule has 24 heavy (non-hydrogen) atoms. The molecule has 0 bridgehead atoms. The summed E-state index contributed by atoms with van der Waals surface area (Å²) < 4.78 is 17.6. The second-order valence-corrected chi connectivity index (χ2v) is 5.94. The van der Waals surface area contributed by atoms with E-state index in [-0.39, 0.29) is 12.4 Å². The summed E-state index contributed by atoms with van der Waals surface area (Å²) in [6.45, 7) is 0.746. The average molecular weight is 387 g/mol. The Bertz CT molecular complexity index is 700. The van der Waals surface area contributed by atoms with Gasteiger partial charge in [-0.2, -0.15) is 0 Å². The highest BCUT2D eigenvalue weighted by molar-refractivity contribution is 9.12. The highest BCUT2D eigenvalue weighted by Crippen LogP contribution is 2.28. The molecule has 1 aliphatic heterocycles. The van der Waals surface area contributed by atoms with Gasteiger partial charge in [0, 0.05) is 22.5 Å². The summed E-state index contributed by atoms with van der Waals surface area (Å²) in [7, 11) is 0. The third-order valence-corrected chi connectivity index (χ3v) is 3.98. The van der Waals surface area contributed by atoms with Crippen LogP contribution in [-0.4, -0.2) is 12.9 Å². The van der Waals surface area contributed by atoms with Crippen molar-refractivity contribution in [1.29, 1.82) is 0 Å². The van der Waals surface area contributed by atoms with Crippen molar-refractivity contribution in [3.8, 4) is 22.2 Å². The largest absolute Gasteiger partial charge is 0.457 e. The van der Waals surface area contributed by atoms with Gasteiger partial charge in [-0.3, -0.25) is 0 Å². The molecule has 2 aromatic carbocycles. The first-order valence-electron chi connectivity index (χ1n) is 8.06. The molecular formula is C20H19BrO3. The van der Waals surface area contributed by atoms with Crippen molar-refractivity contribution in [3.63, 3.8) is 0 Å². The Balaban J connectivity index is 1.74. The summed E-state index contributed by atoms with van der Waals surface area (Å²) in [5.74, 6) is 4.60. The standard InChI is InChI=1S/C20H19BrO3/c21-13-12-19(24-20-11-4-5-14-22-20)16-7-6-10-18(15-16)23-17-8-2-1-3-9-17/h1-3,6-10,15,19-20H,4-5,11,14H2. The second-order valence-electron chi connectivity index (χ2n) is 5.54. The van der Waals surface area contributed by atoms with Crippen LogP contribution in [0, 0.1) is 10.8 Å². The summed E-state index contributed by atoms with van der Waals surface area (Å²) in [6, 6.07) is 17.5. The third-order valence-electron chi connectivity index (χ3n) is 3.75. The van der Waals surface area contributed by atoms with Crippen LogP contribution in [0.4, 0.5) is 0 Å². The number of benzene rings is 2. The summed E-state index contributed by atoms with van der Waals surface area (Å²) in [5, 5.41) is 0. The Kier molecular flexibility index (Phi) is 6.31. The Morgan fingerprint density at radius 2 is 1.88 bits per heavy atom. The van der Waals surface area contributed by atoms with Crippen LogP contribution < -0.4 is 4.74 Å². The molecule has 0 aromatic heterocycles. The highest BCUT2D eigenvalue weighted by Gasteiger charge is 2.20. The van der Waals surface area contributed by atoms with Gasteiger partial charge in [0.2, 0.25) is 0 Å². The van der Waals surface area contributed by atoms with E-state index >= 15 is 0 Å². The molecule has 3 nitrogen and oxygen atoms in total. The molecule has 1 aliphatic rings. The van der Waals surface area contributed by atoms with Crippen LogP contribution in [0.2, 0.25) is 0 Å². The lowest BCUT2D eigenvalue weighted by molar-refractivity contribution is -0.178. The maximum absolute atomic E-state index is 6.04. The van der Waals surface area contributed by atoms with E-state index in [9.17, 15) is 0 Å². The van der Waals surface area contributed by atoms with Gasteiger partial charge in [-0.25, -0.2) is 0 Å². The van der Waals surface area contributed by atoms with Gasteiger partial charge in [0.05, 0.1) is 0 Å². The zero-order chi connectivity index (χ0) is 16.6. The first kappa shape index (κ1) is 17.0. The van der Waals surface area contributed by atoms with Crippen molar-refractivity contribution < 1.29 is 14.2 Å². The minimum absolute atomic E-state index is 0.198. The molecule has 0 N–H and O–H groups in total. The van der Waals surface area contributed by atoms with Crippen LogP contribution in [-0.2, 0) is 9.47 Å². The Labute approximate surface area is 151 Å². The lowest BCUT2D eigenvalue weighted by Crippen LogP contribution is -2.24. The molecular weight excluding hydrogens is 368 g/mol. The summed E-state index contributed by atoms with van der Waals surface area (Å²) in [6.07, 6.45) is 2.56.